The predicted octanol–water partition coefficient (Wildman–Crippen LogP) is 3.28. The first-order chi connectivity index (χ1) is 7.79. The minimum absolute atomic E-state index is 0.589. The van der Waals surface area contributed by atoms with Gasteiger partial charge in [-0.25, -0.2) is 4.98 Å². The fourth-order valence-electron chi connectivity index (χ4n) is 1.24. The molecule has 0 saturated carbocycles. The van der Waals surface area contributed by atoms with Crippen LogP contribution in [0.2, 0.25) is 5.02 Å². The van der Waals surface area contributed by atoms with Crippen LogP contribution in [0.4, 0.5) is 5.69 Å². The first kappa shape index (κ1) is 10.9. The lowest BCUT2D eigenvalue weighted by atomic mass is 10.2. The Hall–Kier alpha value is -1.57. The number of hydrogen-bond acceptors (Lipinski definition) is 4. The van der Waals surface area contributed by atoms with Gasteiger partial charge in [0.25, 0.3) is 0 Å². The van der Waals surface area contributed by atoms with Crippen LogP contribution in [0.15, 0.2) is 29.8 Å². The molecule has 0 fully saturated rings. The summed E-state index contributed by atoms with van der Waals surface area (Å²) in [6.45, 7) is 0.617. The van der Waals surface area contributed by atoms with Crippen LogP contribution in [-0.4, -0.2) is 4.98 Å². The van der Waals surface area contributed by atoms with Crippen molar-refractivity contribution in [3.05, 3.63) is 45.4 Å². The van der Waals surface area contributed by atoms with Gasteiger partial charge in [-0.2, -0.15) is 5.26 Å². The number of benzene rings is 1. The highest BCUT2D eigenvalue weighted by molar-refractivity contribution is 7.09. The van der Waals surface area contributed by atoms with E-state index in [4.69, 9.17) is 16.9 Å². The molecular weight excluding hydrogens is 242 g/mol. The van der Waals surface area contributed by atoms with Gasteiger partial charge in [0, 0.05) is 11.6 Å². The van der Waals surface area contributed by atoms with E-state index in [9.17, 15) is 0 Å². The molecule has 0 atom stereocenters. The van der Waals surface area contributed by atoms with Gasteiger partial charge >= 0.3 is 0 Å². The molecule has 0 aliphatic heterocycles. The van der Waals surface area contributed by atoms with E-state index in [-0.39, 0.29) is 0 Å². The second-order valence-electron chi connectivity index (χ2n) is 3.09. The van der Waals surface area contributed by atoms with Crippen LogP contribution in [0.1, 0.15) is 10.6 Å². The van der Waals surface area contributed by atoms with Crippen molar-refractivity contribution in [2.75, 3.05) is 5.32 Å². The fraction of sp³-hybridized carbons (Fsp3) is 0.0909. The van der Waals surface area contributed by atoms with Crippen LogP contribution in [-0.2, 0) is 6.54 Å². The fourth-order valence-corrected chi connectivity index (χ4v) is 1.98. The number of halogens is 1. The number of nitriles is 1. The normalized spacial score (nSPS) is 9.75. The van der Waals surface area contributed by atoms with Gasteiger partial charge in [0.1, 0.15) is 5.01 Å². The monoisotopic (exact) mass is 249 g/mol. The van der Waals surface area contributed by atoms with Crippen molar-refractivity contribution in [3.63, 3.8) is 0 Å². The summed E-state index contributed by atoms with van der Waals surface area (Å²) in [4.78, 5) is 4.15. The van der Waals surface area contributed by atoms with E-state index in [0.29, 0.717) is 17.1 Å². The third-order valence-corrected chi connectivity index (χ3v) is 3.12. The number of nitrogens with zero attached hydrogens (tertiary/aromatic N) is 2. The Balaban J connectivity index is 2.12. The molecule has 1 heterocycles. The average molecular weight is 250 g/mol. The Bertz CT molecular complexity index is 517. The van der Waals surface area contributed by atoms with Crippen molar-refractivity contribution in [2.24, 2.45) is 0 Å². The third kappa shape index (κ3) is 2.51. The molecule has 1 aromatic heterocycles. The van der Waals surface area contributed by atoms with Crippen LogP contribution in [0, 0.1) is 11.3 Å². The molecule has 5 heteroatoms. The Labute approximate surface area is 102 Å². The zero-order valence-corrected chi connectivity index (χ0v) is 9.85. The van der Waals surface area contributed by atoms with Gasteiger partial charge in [-0.3, -0.25) is 0 Å². The SMILES string of the molecule is N#Cc1ccc(Cl)c(NCc2nccs2)c1. The second kappa shape index (κ2) is 4.97. The van der Waals surface area contributed by atoms with Crippen LogP contribution in [0.3, 0.4) is 0 Å². The number of rotatable bonds is 3. The summed E-state index contributed by atoms with van der Waals surface area (Å²) in [7, 11) is 0. The maximum atomic E-state index is 8.77. The van der Waals surface area contributed by atoms with Gasteiger partial charge in [-0.15, -0.1) is 11.3 Å². The lowest BCUT2D eigenvalue weighted by Gasteiger charge is -2.06. The molecule has 0 saturated heterocycles. The third-order valence-electron chi connectivity index (χ3n) is 2.01. The molecule has 1 aromatic carbocycles. The lowest BCUT2D eigenvalue weighted by molar-refractivity contribution is 1.10. The summed E-state index contributed by atoms with van der Waals surface area (Å²) < 4.78 is 0. The largest absolute Gasteiger partial charge is 0.377 e. The smallest absolute Gasteiger partial charge is 0.112 e. The topological polar surface area (TPSA) is 48.7 Å². The standard InChI is InChI=1S/C11H8ClN3S/c12-9-2-1-8(6-13)5-10(9)15-7-11-14-3-4-16-11/h1-5,15H,7H2. The van der Waals surface area contributed by atoms with Crippen LogP contribution in [0.25, 0.3) is 0 Å². The summed E-state index contributed by atoms with van der Waals surface area (Å²) in [6, 6.07) is 7.21. The molecule has 0 aliphatic carbocycles. The first-order valence-electron chi connectivity index (χ1n) is 4.61. The highest BCUT2D eigenvalue weighted by Crippen LogP contribution is 2.23. The van der Waals surface area contributed by atoms with Gasteiger partial charge in [0.2, 0.25) is 0 Å². The van der Waals surface area contributed by atoms with E-state index in [0.717, 1.165) is 10.7 Å². The maximum Gasteiger partial charge on any atom is 0.112 e. The number of thiazole rings is 1. The van der Waals surface area contributed by atoms with Gasteiger partial charge in [0.05, 0.1) is 28.9 Å². The van der Waals surface area contributed by atoms with Crippen molar-refractivity contribution in [1.29, 1.82) is 5.26 Å². The number of hydrogen-bond donors (Lipinski definition) is 1. The zero-order chi connectivity index (χ0) is 11.4. The molecule has 16 heavy (non-hydrogen) atoms. The molecule has 80 valence electrons. The lowest BCUT2D eigenvalue weighted by Crippen LogP contribution is -1.99. The molecule has 3 nitrogen and oxygen atoms in total. The van der Waals surface area contributed by atoms with E-state index in [1.165, 1.54) is 0 Å². The summed E-state index contributed by atoms with van der Waals surface area (Å²) in [5, 5.41) is 15.4. The van der Waals surface area contributed by atoms with E-state index in [1.54, 1.807) is 35.7 Å². The van der Waals surface area contributed by atoms with Gasteiger partial charge < -0.3 is 5.32 Å². The zero-order valence-electron chi connectivity index (χ0n) is 8.27. The molecule has 1 N–H and O–H groups in total. The molecular formula is C11H8ClN3S. The molecule has 2 rings (SSSR count). The molecule has 0 amide bonds. The summed E-state index contributed by atoms with van der Waals surface area (Å²) in [5.41, 5.74) is 1.35. The van der Waals surface area contributed by atoms with Crippen LogP contribution < -0.4 is 5.32 Å². The molecule has 0 radical (unpaired) electrons. The molecule has 2 aromatic rings. The molecule has 0 unspecified atom stereocenters. The van der Waals surface area contributed by atoms with Gasteiger partial charge in [-0.1, -0.05) is 11.6 Å². The minimum atomic E-state index is 0.589. The Morgan fingerprint density at radius 3 is 3.06 bits per heavy atom. The second-order valence-corrected chi connectivity index (χ2v) is 4.47. The Morgan fingerprint density at radius 2 is 2.38 bits per heavy atom. The highest BCUT2D eigenvalue weighted by atomic mass is 35.5. The maximum absolute atomic E-state index is 8.77. The van der Waals surface area contributed by atoms with Crippen molar-refractivity contribution in [1.82, 2.24) is 4.98 Å². The first-order valence-corrected chi connectivity index (χ1v) is 5.87. The highest BCUT2D eigenvalue weighted by Gasteiger charge is 2.02. The number of aromatic nitrogens is 1. The van der Waals surface area contributed by atoms with E-state index in [2.05, 4.69) is 16.4 Å². The van der Waals surface area contributed by atoms with Crippen LogP contribution in [0.5, 0.6) is 0 Å². The van der Waals surface area contributed by atoms with Crippen molar-refractivity contribution in [2.45, 2.75) is 6.54 Å². The number of nitrogens with one attached hydrogen (secondary N) is 1. The van der Waals surface area contributed by atoms with E-state index in [1.807, 2.05) is 5.38 Å². The Morgan fingerprint density at radius 1 is 1.50 bits per heavy atom. The molecule has 0 aliphatic rings. The van der Waals surface area contributed by atoms with Crippen molar-refractivity contribution < 1.29 is 0 Å². The van der Waals surface area contributed by atoms with Gasteiger partial charge in [-0.05, 0) is 18.2 Å². The Kier molecular flexibility index (Phi) is 3.40. The predicted molar refractivity (Wildman–Crippen MR) is 65.6 cm³/mol. The van der Waals surface area contributed by atoms with Crippen molar-refractivity contribution in [3.8, 4) is 6.07 Å². The van der Waals surface area contributed by atoms with E-state index < -0.39 is 0 Å². The molecule has 0 spiro atoms. The number of anilines is 1. The average Bonchev–Trinajstić information content (AvgIpc) is 2.81. The van der Waals surface area contributed by atoms with Crippen molar-refractivity contribution >= 4 is 28.6 Å². The quantitative estimate of drug-likeness (QED) is 0.908. The van der Waals surface area contributed by atoms with Crippen LogP contribution >= 0.6 is 22.9 Å². The van der Waals surface area contributed by atoms with Gasteiger partial charge in [0.15, 0.2) is 0 Å². The minimum Gasteiger partial charge on any atom is -0.377 e. The summed E-state index contributed by atoms with van der Waals surface area (Å²) >= 11 is 7.58. The summed E-state index contributed by atoms with van der Waals surface area (Å²) in [5.74, 6) is 0. The molecule has 0 bridgehead atoms. The summed E-state index contributed by atoms with van der Waals surface area (Å²) in [6.07, 6.45) is 1.76. The van der Waals surface area contributed by atoms with E-state index >= 15 is 0 Å².